The lowest BCUT2D eigenvalue weighted by atomic mass is 10.2. The number of nitrogens with zero attached hydrogens (tertiary/aromatic N) is 3. The number of rotatable bonds is 6. The van der Waals surface area contributed by atoms with Crippen molar-refractivity contribution >= 4 is 10.0 Å². The second kappa shape index (κ2) is 6.82. The summed E-state index contributed by atoms with van der Waals surface area (Å²) in [5.74, 6) is 1.23. The molecule has 0 aliphatic heterocycles. The minimum atomic E-state index is -3.66. The Kier molecular flexibility index (Phi) is 5.19. The molecule has 0 radical (unpaired) electrons. The Morgan fingerprint density at radius 1 is 1.21 bits per heavy atom. The maximum atomic E-state index is 12.9. The van der Waals surface area contributed by atoms with Crippen molar-refractivity contribution in [2.45, 2.75) is 25.3 Å². The van der Waals surface area contributed by atoms with Crippen molar-refractivity contribution in [2.75, 3.05) is 21.3 Å². The highest BCUT2D eigenvalue weighted by Crippen LogP contribution is 2.28. The van der Waals surface area contributed by atoms with Crippen LogP contribution in [0, 0.1) is 13.8 Å². The maximum absolute atomic E-state index is 12.9. The Hall–Kier alpha value is -2.06. The largest absolute Gasteiger partial charge is 0.497 e. The quantitative estimate of drug-likeness (QED) is 0.793. The molecule has 0 fully saturated rings. The standard InChI is InChI=1S/C16H23N3O4S/c1-11-16(12(2)19(4)17-11)24(20,21)18(3)10-13-7-8-14(22-5)9-15(13)23-6/h7-9H,10H2,1-6H3. The molecule has 0 atom stereocenters. The summed E-state index contributed by atoms with van der Waals surface area (Å²) < 4.78 is 39.2. The van der Waals surface area contributed by atoms with Crippen LogP contribution in [-0.4, -0.2) is 43.8 Å². The Balaban J connectivity index is 2.37. The predicted octanol–water partition coefficient (Wildman–Crippen LogP) is 1.87. The van der Waals surface area contributed by atoms with Gasteiger partial charge < -0.3 is 9.47 Å². The van der Waals surface area contributed by atoms with E-state index in [1.807, 2.05) is 0 Å². The molecule has 0 spiro atoms. The van der Waals surface area contributed by atoms with Gasteiger partial charge in [-0.1, -0.05) is 6.07 Å². The molecule has 132 valence electrons. The van der Waals surface area contributed by atoms with E-state index in [1.54, 1.807) is 65.0 Å². The molecule has 0 saturated heterocycles. The molecule has 0 aliphatic carbocycles. The molecule has 1 aromatic carbocycles. The fraction of sp³-hybridized carbons (Fsp3) is 0.438. The molecule has 8 heteroatoms. The summed E-state index contributed by atoms with van der Waals surface area (Å²) in [4.78, 5) is 0.250. The van der Waals surface area contributed by atoms with Gasteiger partial charge in [-0.25, -0.2) is 8.42 Å². The SMILES string of the molecule is COc1ccc(CN(C)S(=O)(=O)c2c(C)nn(C)c2C)c(OC)c1. The third-order valence-corrected chi connectivity index (χ3v) is 6.05. The van der Waals surface area contributed by atoms with E-state index in [0.29, 0.717) is 22.9 Å². The van der Waals surface area contributed by atoms with Gasteiger partial charge in [0, 0.05) is 32.3 Å². The van der Waals surface area contributed by atoms with E-state index in [-0.39, 0.29) is 11.4 Å². The minimum Gasteiger partial charge on any atom is -0.497 e. The Morgan fingerprint density at radius 3 is 2.38 bits per heavy atom. The molecule has 0 unspecified atom stereocenters. The van der Waals surface area contributed by atoms with Gasteiger partial charge in [-0.05, 0) is 19.9 Å². The summed E-state index contributed by atoms with van der Waals surface area (Å²) >= 11 is 0. The molecule has 0 saturated carbocycles. The van der Waals surface area contributed by atoms with Crippen LogP contribution in [-0.2, 0) is 23.6 Å². The van der Waals surface area contributed by atoms with E-state index >= 15 is 0 Å². The second-order valence-corrected chi connectivity index (χ2v) is 7.54. The van der Waals surface area contributed by atoms with E-state index in [2.05, 4.69) is 5.10 Å². The van der Waals surface area contributed by atoms with E-state index in [4.69, 9.17) is 9.47 Å². The van der Waals surface area contributed by atoms with E-state index in [9.17, 15) is 8.42 Å². The van der Waals surface area contributed by atoms with Gasteiger partial charge in [0.25, 0.3) is 0 Å². The lowest BCUT2D eigenvalue weighted by Crippen LogP contribution is -2.27. The summed E-state index contributed by atoms with van der Waals surface area (Å²) in [6.07, 6.45) is 0. The third-order valence-electron chi connectivity index (χ3n) is 4.00. The van der Waals surface area contributed by atoms with Crippen molar-refractivity contribution < 1.29 is 17.9 Å². The highest BCUT2D eigenvalue weighted by Gasteiger charge is 2.28. The molecular weight excluding hydrogens is 330 g/mol. The maximum Gasteiger partial charge on any atom is 0.246 e. The number of ether oxygens (including phenoxy) is 2. The van der Waals surface area contributed by atoms with Crippen LogP contribution in [0.5, 0.6) is 11.5 Å². The minimum absolute atomic E-state index is 0.184. The highest BCUT2D eigenvalue weighted by molar-refractivity contribution is 7.89. The van der Waals surface area contributed by atoms with Crippen LogP contribution in [0.3, 0.4) is 0 Å². The Bertz CT molecular complexity index is 843. The van der Waals surface area contributed by atoms with E-state index in [0.717, 1.165) is 5.56 Å². The molecular formula is C16H23N3O4S. The Morgan fingerprint density at radius 2 is 1.88 bits per heavy atom. The summed E-state index contributed by atoms with van der Waals surface area (Å²) in [5.41, 5.74) is 1.85. The van der Waals surface area contributed by atoms with Gasteiger partial charge in [-0.15, -0.1) is 0 Å². The third kappa shape index (κ3) is 3.25. The smallest absolute Gasteiger partial charge is 0.246 e. The number of hydrogen-bond donors (Lipinski definition) is 0. The molecule has 7 nitrogen and oxygen atoms in total. The fourth-order valence-corrected chi connectivity index (χ4v) is 4.13. The van der Waals surface area contributed by atoms with Gasteiger partial charge in [0.1, 0.15) is 16.4 Å². The van der Waals surface area contributed by atoms with E-state index in [1.165, 1.54) is 4.31 Å². The first-order chi connectivity index (χ1) is 11.2. The van der Waals surface area contributed by atoms with Gasteiger partial charge in [0.15, 0.2) is 0 Å². The van der Waals surface area contributed by atoms with Crippen molar-refractivity contribution in [3.8, 4) is 11.5 Å². The van der Waals surface area contributed by atoms with Crippen LogP contribution in [0.1, 0.15) is 17.0 Å². The molecule has 0 bridgehead atoms. The van der Waals surface area contributed by atoms with Gasteiger partial charge in [0.2, 0.25) is 10.0 Å². The summed E-state index contributed by atoms with van der Waals surface area (Å²) in [7, 11) is 2.73. The van der Waals surface area contributed by atoms with Crippen molar-refractivity contribution in [3.05, 3.63) is 35.2 Å². The molecule has 0 amide bonds. The number of benzene rings is 1. The normalized spacial score (nSPS) is 11.8. The van der Waals surface area contributed by atoms with Gasteiger partial charge in [-0.3, -0.25) is 4.68 Å². The Labute approximate surface area is 142 Å². The van der Waals surface area contributed by atoms with Crippen LogP contribution >= 0.6 is 0 Å². The fourth-order valence-electron chi connectivity index (χ4n) is 2.59. The number of aryl methyl sites for hydroxylation is 2. The monoisotopic (exact) mass is 353 g/mol. The zero-order valence-corrected chi connectivity index (χ0v) is 15.6. The van der Waals surface area contributed by atoms with Crippen molar-refractivity contribution in [3.63, 3.8) is 0 Å². The lowest BCUT2D eigenvalue weighted by Gasteiger charge is -2.19. The average Bonchev–Trinajstić information content (AvgIpc) is 2.80. The van der Waals surface area contributed by atoms with Gasteiger partial charge in [-0.2, -0.15) is 9.40 Å². The average molecular weight is 353 g/mol. The molecule has 1 aromatic heterocycles. The summed E-state index contributed by atoms with van der Waals surface area (Å²) in [6.45, 7) is 3.62. The van der Waals surface area contributed by atoms with Crippen LogP contribution < -0.4 is 9.47 Å². The highest BCUT2D eigenvalue weighted by atomic mass is 32.2. The number of aromatic nitrogens is 2. The van der Waals surface area contributed by atoms with E-state index < -0.39 is 10.0 Å². The second-order valence-electron chi connectivity index (χ2n) is 5.56. The van der Waals surface area contributed by atoms with Crippen LogP contribution in [0.2, 0.25) is 0 Å². The van der Waals surface area contributed by atoms with Crippen LogP contribution in [0.15, 0.2) is 23.1 Å². The zero-order valence-electron chi connectivity index (χ0n) is 14.8. The van der Waals surface area contributed by atoms with Gasteiger partial charge >= 0.3 is 0 Å². The lowest BCUT2D eigenvalue weighted by molar-refractivity contribution is 0.384. The predicted molar refractivity (Wildman–Crippen MR) is 90.9 cm³/mol. The molecule has 2 aromatic rings. The molecule has 24 heavy (non-hydrogen) atoms. The number of sulfonamides is 1. The molecule has 2 rings (SSSR count). The first-order valence-electron chi connectivity index (χ1n) is 7.39. The molecule has 0 N–H and O–H groups in total. The molecule has 1 heterocycles. The first kappa shape index (κ1) is 18.3. The van der Waals surface area contributed by atoms with Crippen LogP contribution in [0.4, 0.5) is 0 Å². The van der Waals surface area contributed by atoms with Crippen LogP contribution in [0.25, 0.3) is 0 Å². The summed E-state index contributed by atoms with van der Waals surface area (Å²) in [6, 6.07) is 5.31. The topological polar surface area (TPSA) is 73.7 Å². The number of hydrogen-bond acceptors (Lipinski definition) is 5. The zero-order chi connectivity index (χ0) is 18.1. The van der Waals surface area contributed by atoms with Crippen molar-refractivity contribution in [1.82, 2.24) is 14.1 Å². The van der Waals surface area contributed by atoms with Crippen molar-refractivity contribution in [2.24, 2.45) is 7.05 Å². The number of methoxy groups -OCH3 is 2. The molecule has 0 aliphatic rings. The van der Waals surface area contributed by atoms with Gasteiger partial charge in [0.05, 0.1) is 25.6 Å². The summed E-state index contributed by atoms with van der Waals surface area (Å²) in [5, 5.41) is 4.19. The first-order valence-corrected chi connectivity index (χ1v) is 8.83. The van der Waals surface area contributed by atoms with Crippen molar-refractivity contribution in [1.29, 1.82) is 0 Å².